The number of anilines is 1. The van der Waals surface area contributed by atoms with E-state index in [0.29, 0.717) is 6.07 Å². The Morgan fingerprint density at radius 2 is 1.89 bits per heavy atom. The molecule has 0 unspecified atom stereocenters. The van der Waals surface area contributed by atoms with Gasteiger partial charge in [-0.3, -0.25) is 9.59 Å². The van der Waals surface area contributed by atoms with E-state index in [9.17, 15) is 18.4 Å². The number of rotatable bonds is 5. The lowest BCUT2D eigenvalue weighted by Gasteiger charge is -2.05. The Morgan fingerprint density at radius 3 is 2.50 bits per heavy atom. The molecule has 0 fully saturated rings. The summed E-state index contributed by atoms with van der Waals surface area (Å²) in [5, 5.41) is 6.15. The van der Waals surface area contributed by atoms with Gasteiger partial charge in [-0.25, -0.2) is 8.78 Å². The average Bonchev–Trinajstić information content (AvgIpc) is 2.32. The predicted octanol–water partition coefficient (Wildman–Crippen LogP) is -0.787. The lowest BCUT2D eigenvalue weighted by molar-refractivity contribution is -0.632. The largest absolute Gasteiger partial charge is 0.354 e. The number of carbonyl (C=O) groups is 2. The minimum atomic E-state index is -0.838. The number of nitrogens with one attached hydrogen (secondary N) is 2. The molecular weight excluding hydrogens is 244 g/mol. The number of hydrogen-bond acceptors (Lipinski definition) is 2. The number of quaternary nitrogens is 1. The van der Waals surface area contributed by atoms with Crippen LogP contribution in [0.2, 0.25) is 0 Å². The molecule has 0 bridgehead atoms. The molecule has 7 heteroatoms. The summed E-state index contributed by atoms with van der Waals surface area (Å²) < 4.78 is 25.8. The molecule has 0 aromatic heterocycles. The SMILES string of the molecule is CNC(=O)C[NH2+]CC(=O)Nc1ccc(F)cc1F. The van der Waals surface area contributed by atoms with Crippen molar-refractivity contribution in [3.8, 4) is 0 Å². The van der Waals surface area contributed by atoms with E-state index < -0.39 is 17.5 Å². The monoisotopic (exact) mass is 258 g/mol. The molecule has 98 valence electrons. The van der Waals surface area contributed by atoms with E-state index in [4.69, 9.17) is 0 Å². The van der Waals surface area contributed by atoms with Crippen LogP contribution in [0.5, 0.6) is 0 Å². The number of amides is 2. The predicted molar refractivity (Wildman–Crippen MR) is 60.7 cm³/mol. The van der Waals surface area contributed by atoms with Crippen LogP contribution in [0.3, 0.4) is 0 Å². The number of carbonyl (C=O) groups excluding carboxylic acids is 2. The molecular formula is C11H14F2N3O2+. The molecule has 0 saturated heterocycles. The van der Waals surface area contributed by atoms with E-state index in [-0.39, 0.29) is 24.7 Å². The number of halogens is 2. The number of nitrogens with two attached hydrogens (primary N) is 1. The van der Waals surface area contributed by atoms with Gasteiger partial charge in [0.25, 0.3) is 11.8 Å². The van der Waals surface area contributed by atoms with Crippen LogP contribution in [0, 0.1) is 11.6 Å². The molecule has 0 heterocycles. The zero-order valence-corrected chi connectivity index (χ0v) is 9.80. The summed E-state index contributed by atoms with van der Waals surface area (Å²) in [6, 6.07) is 2.87. The number of benzene rings is 1. The Kier molecular flexibility index (Phi) is 5.19. The van der Waals surface area contributed by atoms with Gasteiger partial charge in [-0.05, 0) is 12.1 Å². The summed E-state index contributed by atoms with van der Waals surface area (Å²) in [5.41, 5.74) is -0.0882. The van der Waals surface area contributed by atoms with Gasteiger partial charge in [-0.2, -0.15) is 0 Å². The molecule has 0 aliphatic carbocycles. The normalized spacial score (nSPS) is 9.94. The van der Waals surface area contributed by atoms with Crippen molar-refractivity contribution in [2.24, 2.45) is 0 Å². The van der Waals surface area contributed by atoms with Gasteiger partial charge in [0, 0.05) is 13.1 Å². The summed E-state index contributed by atoms with van der Waals surface area (Å²) >= 11 is 0. The van der Waals surface area contributed by atoms with Crippen LogP contribution in [0.15, 0.2) is 18.2 Å². The highest BCUT2D eigenvalue weighted by atomic mass is 19.1. The third kappa shape index (κ3) is 4.46. The standard InChI is InChI=1S/C11H13F2N3O2/c1-14-10(17)5-15-6-11(18)16-9-3-2-7(12)4-8(9)13/h2-4,15H,5-6H2,1H3,(H,14,17)(H,16,18)/p+1. The number of likely N-dealkylation sites (N-methyl/N-ethyl adjacent to an activating group) is 1. The first-order valence-corrected chi connectivity index (χ1v) is 5.30. The molecule has 0 saturated carbocycles. The van der Waals surface area contributed by atoms with Crippen molar-refractivity contribution < 1.29 is 23.7 Å². The fourth-order valence-electron chi connectivity index (χ4n) is 1.23. The first kappa shape index (κ1) is 14.0. The van der Waals surface area contributed by atoms with E-state index >= 15 is 0 Å². The van der Waals surface area contributed by atoms with Crippen LogP contribution >= 0.6 is 0 Å². The van der Waals surface area contributed by atoms with Crippen molar-refractivity contribution in [2.45, 2.75) is 0 Å². The second-order valence-corrected chi connectivity index (χ2v) is 3.54. The summed E-state index contributed by atoms with van der Waals surface area (Å²) in [7, 11) is 1.49. The third-order valence-corrected chi connectivity index (χ3v) is 2.14. The van der Waals surface area contributed by atoms with Gasteiger partial charge in [0.05, 0.1) is 5.69 Å². The van der Waals surface area contributed by atoms with Gasteiger partial charge < -0.3 is 16.0 Å². The van der Waals surface area contributed by atoms with E-state index in [1.807, 2.05) is 0 Å². The van der Waals surface area contributed by atoms with Crippen molar-refractivity contribution in [1.29, 1.82) is 0 Å². The van der Waals surface area contributed by atoms with Crippen LogP contribution < -0.4 is 16.0 Å². The molecule has 1 aromatic carbocycles. The maximum Gasteiger partial charge on any atom is 0.279 e. The zero-order valence-electron chi connectivity index (χ0n) is 9.80. The van der Waals surface area contributed by atoms with Crippen molar-refractivity contribution >= 4 is 17.5 Å². The lowest BCUT2D eigenvalue weighted by Crippen LogP contribution is -2.88. The highest BCUT2D eigenvalue weighted by Gasteiger charge is 2.10. The Balaban J connectivity index is 2.42. The molecule has 0 radical (unpaired) electrons. The molecule has 0 atom stereocenters. The maximum absolute atomic E-state index is 13.2. The van der Waals surface area contributed by atoms with Crippen molar-refractivity contribution in [3.05, 3.63) is 29.8 Å². The second-order valence-electron chi connectivity index (χ2n) is 3.54. The molecule has 0 aliphatic heterocycles. The summed E-state index contributed by atoms with van der Waals surface area (Å²) in [6.45, 7) is 0.0834. The van der Waals surface area contributed by atoms with Gasteiger partial charge in [0.1, 0.15) is 11.6 Å². The Hall–Kier alpha value is -2.02. The van der Waals surface area contributed by atoms with Crippen molar-refractivity contribution in [1.82, 2.24) is 5.32 Å². The zero-order chi connectivity index (χ0) is 13.5. The second kappa shape index (κ2) is 6.65. The summed E-state index contributed by atoms with van der Waals surface area (Å²) in [5.74, 6) is -2.23. The van der Waals surface area contributed by atoms with E-state index in [0.717, 1.165) is 12.1 Å². The van der Waals surface area contributed by atoms with E-state index in [1.54, 1.807) is 0 Å². The molecule has 0 spiro atoms. The molecule has 5 nitrogen and oxygen atoms in total. The quantitative estimate of drug-likeness (QED) is 0.647. The Bertz CT molecular complexity index is 452. The summed E-state index contributed by atoms with van der Waals surface area (Å²) in [4.78, 5) is 22.3. The Labute approximate surface area is 103 Å². The van der Waals surface area contributed by atoms with Gasteiger partial charge in [0.2, 0.25) is 0 Å². The fraction of sp³-hybridized carbons (Fsp3) is 0.273. The van der Waals surface area contributed by atoms with Crippen LogP contribution in [0.25, 0.3) is 0 Å². The average molecular weight is 258 g/mol. The molecule has 1 aromatic rings. The maximum atomic E-state index is 13.2. The van der Waals surface area contributed by atoms with E-state index in [2.05, 4.69) is 10.6 Å². The van der Waals surface area contributed by atoms with Crippen LogP contribution in [-0.2, 0) is 9.59 Å². The minimum Gasteiger partial charge on any atom is -0.354 e. The third-order valence-electron chi connectivity index (χ3n) is 2.14. The van der Waals surface area contributed by atoms with Gasteiger partial charge in [-0.15, -0.1) is 0 Å². The number of hydrogen-bond donors (Lipinski definition) is 3. The minimum absolute atomic E-state index is 0.0236. The first-order valence-electron chi connectivity index (χ1n) is 5.30. The van der Waals surface area contributed by atoms with Crippen molar-refractivity contribution in [2.75, 3.05) is 25.5 Å². The highest BCUT2D eigenvalue weighted by Crippen LogP contribution is 2.14. The molecule has 2 amide bonds. The van der Waals surface area contributed by atoms with Crippen molar-refractivity contribution in [3.63, 3.8) is 0 Å². The highest BCUT2D eigenvalue weighted by molar-refractivity contribution is 5.91. The van der Waals surface area contributed by atoms with Gasteiger partial charge in [0.15, 0.2) is 13.1 Å². The molecule has 4 N–H and O–H groups in total. The van der Waals surface area contributed by atoms with Gasteiger partial charge in [-0.1, -0.05) is 0 Å². The first-order chi connectivity index (χ1) is 8.52. The van der Waals surface area contributed by atoms with Crippen LogP contribution in [0.1, 0.15) is 0 Å². The lowest BCUT2D eigenvalue weighted by atomic mass is 10.3. The topological polar surface area (TPSA) is 74.8 Å². The van der Waals surface area contributed by atoms with E-state index in [1.165, 1.54) is 12.4 Å². The molecule has 0 aliphatic rings. The van der Waals surface area contributed by atoms with Crippen LogP contribution in [-0.4, -0.2) is 32.0 Å². The smallest absolute Gasteiger partial charge is 0.279 e. The van der Waals surface area contributed by atoms with Crippen LogP contribution in [0.4, 0.5) is 14.5 Å². The van der Waals surface area contributed by atoms with Gasteiger partial charge >= 0.3 is 0 Å². The summed E-state index contributed by atoms with van der Waals surface area (Å²) in [6.07, 6.45) is 0. The Morgan fingerprint density at radius 1 is 1.22 bits per heavy atom. The molecule has 1 rings (SSSR count). The fourth-order valence-corrected chi connectivity index (χ4v) is 1.23. The molecule has 18 heavy (non-hydrogen) atoms.